The fourth-order valence-corrected chi connectivity index (χ4v) is 0.431. The van der Waals surface area contributed by atoms with Crippen molar-refractivity contribution in [2.45, 2.75) is 0 Å². The smallest absolute Gasteiger partial charge is 0.288 e. The SMILES string of the molecule is NC(=O)c1nc([O])c[nH]1. The Kier molecular flexibility index (Phi) is 1.11. The van der Waals surface area contributed by atoms with Gasteiger partial charge in [0.05, 0.1) is 6.20 Å². The number of carbonyl (C=O) groups is 1. The largest absolute Gasteiger partial charge is 0.363 e. The van der Waals surface area contributed by atoms with E-state index in [1.807, 2.05) is 0 Å². The molecule has 0 aromatic carbocycles. The minimum atomic E-state index is -0.725. The van der Waals surface area contributed by atoms with E-state index >= 15 is 0 Å². The van der Waals surface area contributed by atoms with Crippen LogP contribution in [0.2, 0.25) is 0 Å². The summed E-state index contributed by atoms with van der Waals surface area (Å²) in [6.07, 6.45) is 1.07. The Morgan fingerprint density at radius 2 is 2.44 bits per heavy atom. The highest BCUT2D eigenvalue weighted by atomic mass is 16.3. The van der Waals surface area contributed by atoms with Crippen molar-refractivity contribution in [2.75, 3.05) is 0 Å². The number of H-pyrrole nitrogens is 1. The number of aromatic amines is 1. The molecule has 47 valence electrons. The predicted molar refractivity (Wildman–Crippen MR) is 27.2 cm³/mol. The van der Waals surface area contributed by atoms with Gasteiger partial charge in [0.15, 0.2) is 5.82 Å². The zero-order chi connectivity index (χ0) is 6.85. The second kappa shape index (κ2) is 1.77. The summed E-state index contributed by atoms with van der Waals surface area (Å²) in [6.45, 7) is 0. The number of amides is 1. The van der Waals surface area contributed by atoms with Crippen LogP contribution in [0.4, 0.5) is 0 Å². The molecule has 0 aliphatic carbocycles. The van der Waals surface area contributed by atoms with Gasteiger partial charge in [0.2, 0.25) is 0 Å². The minimum Gasteiger partial charge on any atom is -0.363 e. The second-order valence-corrected chi connectivity index (χ2v) is 1.45. The Balaban J connectivity index is 2.98. The molecule has 0 bridgehead atoms. The van der Waals surface area contributed by atoms with Gasteiger partial charge in [-0.2, -0.15) is 4.98 Å². The topological polar surface area (TPSA) is 91.7 Å². The quantitative estimate of drug-likeness (QED) is 0.538. The molecule has 0 saturated carbocycles. The lowest BCUT2D eigenvalue weighted by atomic mass is 10.6. The van der Waals surface area contributed by atoms with Gasteiger partial charge in [0.25, 0.3) is 11.8 Å². The lowest BCUT2D eigenvalue weighted by Crippen LogP contribution is -2.12. The van der Waals surface area contributed by atoms with E-state index in [2.05, 4.69) is 9.97 Å². The molecule has 0 aliphatic rings. The van der Waals surface area contributed by atoms with Gasteiger partial charge in [-0.1, -0.05) is 0 Å². The van der Waals surface area contributed by atoms with Crippen LogP contribution in [-0.2, 0) is 5.11 Å². The summed E-state index contributed by atoms with van der Waals surface area (Å²) >= 11 is 0. The van der Waals surface area contributed by atoms with Crippen LogP contribution in [0.15, 0.2) is 6.20 Å². The van der Waals surface area contributed by atoms with Gasteiger partial charge in [-0.05, 0) is 0 Å². The summed E-state index contributed by atoms with van der Waals surface area (Å²) < 4.78 is 0. The first-order valence-electron chi connectivity index (χ1n) is 2.22. The fraction of sp³-hybridized carbons (Fsp3) is 0. The molecular weight excluding hydrogens is 122 g/mol. The van der Waals surface area contributed by atoms with Crippen molar-refractivity contribution >= 4 is 5.91 Å². The third kappa shape index (κ3) is 0.987. The molecule has 1 heterocycles. The van der Waals surface area contributed by atoms with Crippen molar-refractivity contribution in [3.05, 3.63) is 12.0 Å². The van der Waals surface area contributed by atoms with E-state index in [-0.39, 0.29) is 5.82 Å². The molecule has 0 saturated heterocycles. The maximum Gasteiger partial charge on any atom is 0.288 e. The van der Waals surface area contributed by atoms with Gasteiger partial charge < -0.3 is 10.7 Å². The molecule has 0 spiro atoms. The van der Waals surface area contributed by atoms with Crippen LogP contribution in [0.25, 0.3) is 0 Å². The molecule has 1 aromatic rings. The first-order chi connectivity index (χ1) is 4.20. The number of hydrogen-bond acceptors (Lipinski definition) is 2. The number of rotatable bonds is 1. The average molecular weight is 126 g/mol. The summed E-state index contributed by atoms with van der Waals surface area (Å²) in [6, 6.07) is 0. The van der Waals surface area contributed by atoms with Crippen LogP contribution in [0, 0.1) is 0 Å². The van der Waals surface area contributed by atoms with Gasteiger partial charge in [0.1, 0.15) is 0 Å². The molecule has 0 unspecified atom stereocenters. The van der Waals surface area contributed by atoms with Crippen molar-refractivity contribution in [3.8, 4) is 5.88 Å². The predicted octanol–water partition coefficient (Wildman–Crippen LogP) is -0.348. The van der Waals surface area contributed by atoms with E-state index in [9.17, 15) is 9.90 Å². The number of imidazole rings is 1. The van der Waals surface area contributed by atoms with Crippen molar-refractivity contribution in [1.82, 2.24) is 9.97 Å². The molecule has 1 radical (unpaired) electrons. The first-order valence-corrected chi connectivity index (χ1v) is 2.22. The van der Waals surface area contributed by atoms with Crippen molar-refractivity contribution in [1.29, 1.82) is 0 Å². The van der Waals surface area contributed by atoms with Crippen LogP contribution in [0.1, 0.15) is 10.6 Å². The molecule has 0 atom stereocenters. The van der Waals surface area contributed by atoms with E-state index in [0.717, 1.165) is 6.20 Å². The van der Waals surface area contributed by atoms with Crippen LogP contribution in [0.5, 0.6) is 5.88 Å². The van der Waals surface area contributed by atoms with Crippen molar-refractivity contribution in [3.63, 3.8) is 0 Å². The van der Waals surface area contributed by atoms with Gasteiger partial charge >= 0.3 is 0 Å². The molecule has 3 N–H and O–H groups in total. The molecule has 1 amide bonds. The number of nitrogens with two attached hydrogens (primary N) is 1. The van der Waals surface area contributed by atoms with E-state index in [1.54, 1.807) is 0 Å². The number of nitrogens with one attached hydrogen (secondary N) is 1. The highest BCUT2D eigenvalue weighted by Gasteiger charge is 2.04. The Hall–Kier alpha value is -1.52. The second-order valence-electron chi connectivity index (χ2n) is 1.45. The number of nitrogens with zero attached hydrogens (tertiary/aromatic N) is 1. The Bertz CT molecular complexity index is 229. The van der Waals surface area contributed by atoms with Gasteiger partial charge in [-0.3, -0.25) is 9.90 Å². The third-order valence-corrected chi connectivity index (χ3v) is 0.788. The molecule has 0 fully saturated rings. The number of hydrogen-bond donors (Lipinski definition) is 2. The summed E-state index contributed by atoms with van der Waals surface area (Å²) in [5.74, 6) is -1.30. The van der Waals surface area contributed by atoms with Crippen LogP contribution in [-0.4, -0.2) is 15.9 Å². The maximum absolute atomic E-state index is 10.2. The molecule has 5 heteroatoms. The highest BCUT2D eigenvalue weighted by Crippen LogP contribution is 2.01. The summed E-state index contributed by atoms with van der Waals surface area (Å²) in [7, 11) is 0. The van der Waals surface area contributed by atoms with Gasteiger partial charge in [-0.25, -0.2) is 0 Å². The highest BCUT2D eigenvalue weighted by molar-refractivity contribution is 5.88. The molecule has 1 rings (SSSR count). The van der Waals surface area contributed by atoms with E-state index in [4.69, 9.17) is 5.73 Å². The fourth-order valence-electron chi connectivity index (χ4n) is 0.431. The lowest BCUT2D eigenvalue weighted by Gasteiger charge is -1.80. The molecule has 1 aromatic heterocycles. The summed E-state index contributed by atoms with van der Waals surface area (Å²) in [4.78, 5) is 15.7. The minimum absolute atomic E-state index is 0.0972. The van der Waals surface area contributed by atoms with Crippen LogP contribution >= 0.6 is 0 Å². The standard InChI is InChI=1S/C4H4N3O2/c5-3(9)4-6-1-2(8)7-4/h1H,(H2,5,9)(H,6,7). The van der Waals surface area contributed by atoms with Gasteiger partial charge in [-0.15, -0.1) is 0 Å². The van der Waals surface area contributed by atoms with E-state index in [1.165, 1.54) is 0 Å². The van der Waals surface area contributed by atoms with Gasteiger partial charge in [0, 0.05) is 0 Å². The summed E-state index contributed by atoms with van der Waals surface area (Å²) in [5.41, 5.74) is 4.76. The number of aromatic nitrogens is 2. The lowest BCUT2D eigenvalue weighted by molar-refractivity contribution is 0.0990. The summed E-state index contributed by atoms with van der Waals surface area (Å²) in [5, 5.41) is 10.2. The zero-order valence-corrected chi connectivity index (χ0v) is 4.42. The van der Waals surface area contributed by atoms with Crippen LogP contribution < -0.4 is 5.73 Å². The molecule has 9 heavy (non-hydrogen) atoms. The monoisotopic (exact) mass is 126 g/mol. The third-order valence-electron chi connectivity index (χ3n) is 0.788. The Morgan fingerprint density at radius 1 is 1.78 bits per heavy atom. The zero-order valence-electron chi connectivity index (χ0n) is 4.42. The normalized spacial score (nSPS) is 9.33. The van der Waals surface area contributed by atoms with E-state index < -0.39 is 11.8 Å². The van der Waals surface area contributed by atoms with Crippen LogP contribution in [0.3, 0.4) is 0 Å². The van der Waals surface area contributed by atoms with Crippen molar-refractivity contribution < 1.29 is 9.90 Å². The van der Waals surface area contributed by atoms with Crippen molar-refractivity contribution in [2.24, 2.45) is 5.73 Å². The average Bonchev–Trinajstić information content (AvgIpc) is 2.14. The Morgan fingerprint density at radius 3 is 2.67 bits per heavy atom. The molecular formula is C4H4N3O2. The molecule has 5 nitrogen and oxygen atoms in total. The first kappa shape index (κ1) is 5.61. The number of primary amides is 1. The Labute approximate surface area is 50.5 Å². The number of carbonyl (C=O) groups excluding carboxylic acids is 1. The van der Waals surface area contributed by atoms with E-state index in [0.29, 0.717) is 0 Å². The maximum atomic E-state index is 10.2. The molecule has 0 aliphatic heterocycles.